The van der Waals surface area contributed by atoms with Crippen molar-refractivity contribution in [2.45, 2.75) is 12.6 Å². The largest absolute Gasteiger partial charge is 0.467 e. The molecule has 0 aliphatic rings. The summed E-state index contributed by atoms with van der Waals surface area (Å²) in [6.07, 6.45) is 4.69. The Labute approximate surface area is 133 Å². The molecule has 23 heavy (non-hydrogen) atoms. The first-order chi connectivity index (χ1) is 11.3. The van der Waals surface area contributed by atoms with Gasteiger partial charge in [-0.3, -0.25) is 9.48 Å². The van der Waals surface area contributed by atoms with Gasteiger partial charge in [-0.05, 0) is 17.7 Å². The summed E-state index contributed by atoms with van der Waals surface area (Å²) in [6, 6.07) is 12.7. The van der Waals surface area contributed by atoms with Crippen LogP contribution in [0, 0.1) is 0 Å². The Hall–Kier alpha value is -2.86. The van der Waals surface area contributed by atoms with Crippen molar-refractivity contribution in [1.82, 2.24) is 15.1 Å². The predicted octanol–water partition coefficient (Wildman–Crippen LogP) is 1.99. The zero-order chi connectivity index (χ0) is 16.1. The number of aliphatic hydroxyl groups excluding tert-OH is 1. The van der Waals surface area contributed by atoms with E-state index in [0.29, 0.717) is 17.9 Å². The number of hydrogen-bond donors (Lipinski definition) is 2. The van der Waals surface area contributed by atoms with Crippen molar-refractivity contribution in [2.75, 3.05) is 6.61 Å². The maximum Gasteiger partial charge on any atom is 0.255 e. The fourth-order valence-corrected chi connectivity index (χ4v) is 2.28. The summed E-state index contributed by atoms with van der Waals surface area (Å²) >= 11 is 0. The lowest BCUT2D eigenvalue weighted by Crippen LogP contribution is -2.30. The highest BCUT2D eigenvalue weighted by atomic mass is 16.3. The summed E-state index contributed by atoms with van der Waals surface area (Å²) in [7, 11) is 0. The summed E-state index contributed by atoms with van der Waals surface area (Å²) in [6.45, 7) is 0.354. The van der Waals surface area contributed by atoms with Crippen molar-refractivity contribution in [3.8, 4) is 0 Å². The van der Waals surface area contributed by atoms with Crippen LogP contribution in [0.2, 0.25) is 0 Å². The van der Waals surface area contributed by atoms with Crippen molar-refractivity contribution in [3.63, 3.8) is 0 Å². The molecule has 118 valence electrons. The third-order valence-corrected chi connectivity index (χ3v) is 3.46. The van der Waals surface area contributed by atoms with E-state index in [9.17, 15) is 9.90 Å². The van der Waals surface area contributed by atoms with Crippen LogP contribution in [0.25, 0.3) is 0 Å². The van der Waals surface area contributed by atoms with E-state index in [1.54, 1.807) is 23.0 Å². The van der Waals surface area contributed by atoms with Crippen LogP contribution in [-0.2, 0) is 6.54 Å². The van der Waals surface area contributed by atoms with Gasteiger partial charge in [0, 0.05) is 6.20 Å². The van der Waals surface area contributed by atoms with E-state index in [0.717, 1.165) is 5.56 Å². The average molecular weight is 311 g/mol. The minimum Gasteiger partial charge on any atom is -0.467 e. The quantitative estimate of drug-likeness (QED) is 0.729. The Morgan fingerprint density at radius 1 is 1.26 bits per heavy atom. The second kappa shape index (κ2) is 6.93. The van der Waals surface area contributed by atoms with Crippen LogP contribution >= 0.6 is 0 Å². The molecule has 0 bridgehead atoms. The number of furan rings is 1. The smallest absolute Gasteiger partial charge is 0.255 e. The lowest BCUT2D eigenvalue weighted by molar-refractivity contribution is 0.0907. The highest BCUT2D eigenvalue weighted by molar-refractivity contribution is 5.93. The van der Waals surface area contributed by atoms with E-state index >= 15 is 0 Å². The maximum atomic E-state index is 12.3. The van der Waals surface area contributed by atoms with Crippen LogP contribution in [0.5, 0.6) is 0 Å². The second-order valence-corrected chi connectivity index (χ2v) is 5.14. The van der Waals surface area contributed by atoms with Gasteiger partial charge in [0.25, 0.3) is 5.91 Å². The third kappa shape index (κ3) is 3.67. The first-order valence-electron chi connectivity index (χ1n) is 7.28. The van der Waals surface area contributed by atoms with E-state index in [2.05, 4.69) is 10.4 Å². The number of aliphatic hydroxyl groups is 1. The van der Waals surface area contributed by atoms with Gasteiger partial charge in [-0.25, -0.2) is 0 Å². The zero-order valence-electron chi connectivity index (χ0n) is 12.4. The monoisotopic (exact) mass is 311 g/mol. The standard InChI is InChI=1S/C17H17N3O3/c21-12-15(16-7-4-8-23-16)19-17(22)14-9-18-20(11-14)10-13-5-2-1-3-6-13/h1-9,11,15,21H,10,12H2,(H,19,22). The molecule has 1 aromatic carbocycles. The topological polar surface area (TPSA) is 80.3 Å². The molecule has 1 amide bonds. The number of nitrogens with zero attached hydrogens (tertiary/aromatic N) is 2. The van der Waals surface area contributed by atoms with Crippen molar-refractivity contribution >= 4 is 5.91 Å². The molecule has 0 radical (unpaired) electrons. The molecule has 2 heterocycles. The summed E-state index contributed by atoms with van der Waals surface area (Å²) in [4.78, 5) is 12.3. The molecule has 6 nitrogen and oxygen atoms in total. The van der Waals surface area contributed by atoms with Gasteiger partial charge in [0.05, 0.1) is 31.2 Å². The number of benzene rings is 1. The van der Waals surface area contributed by atoms with Crippen molar-refractivity contribution < 1.29 is 14.3 Å². The second-order valence-electron chi connectivity index (χ2n) is 5.14. The normalized spacial score (nSPS) is 12.0. The van der Waals surface area contributed by atoms with Gasteiger partial charge in [0.2, 0.25) is 0 Å². The molecule has 1 unspecified atom stereocenters. The summed E-state index contributed by atoms with van der Waals surface area (Å²) in [5.41, 5.74) is 1.54. The first-order valence-corrected chi connectivity index (χ1v) is 7.28. The average Bonchev–Trinajstić information content (AvgIpc) is 3.25. The van der Waals surface area contributed by atoms with Crippen LogP contribution in [-0.4, -0.2) is 27.4 Å². The van der Waals surface area contributed by atoms with Gasteiger partial charge >= 0.3 is 0 Å². The minimum atomic E-state index is -0.574. The minimum absolute atomic E-state index is 0.239. The summed E-state index contributed by atoms with van der Waals surface area (Å²) in [5, 5.41) is 16.3. The van der Waals surface area contributed by atoms with Crippen LogP contribution in [0.4, 0.5) is 0 Å². The van der Waals surface area contributed by atoms with Crippen molar-refractivity contribution in [1.29, 1.82) is 0 Å². The molecule has 0 aliphatic carbocycles. The van der Waals surface area contributed by atoms with Gasteiger partial charge in [-0.2, -0.15) is 5.10 Å². The van der Waals surface area contributed by atoms with Crippen molar-refractivity contribution in [2.24, 2.45) is 0 Å². The highest BCUT2D eigenvalue weighted by Crippen LogP contribution is 2.13. The fourth-order valence-electron chi connectivity index (χ4n) is 2.28. The molecular formula is C17H17N3O3. The number of hydrogen-bond acceptors (Lipinski definition) is 4. The molecular weight excluding hydrogens is 294 g/mol. The van der Waals surface area contributed by atoms with E-state index in [4.69, 9.17) is 4.42 Å². The molecule has 0 fully saturated rings. The Kier molecular flexibility index (Phi) is 4.54. The van der Waals surface area contributed by atoms with Gasteiger partial charge in [0.1, 0.15) is 11.8 Å². The van der Waals surface area contributed by atoms with Crippen LogP contribution < -0.4 is 5.32 Å². The zero-order valence-corrected chi connectivity index (χ0v) is 12.4. The Bertz CT molecular complexity index is 751. The third-order valence-electron chi connectivity index (χ3n) is 3.46. The van der Waals surface area contributed by atoms with Crippen LogP contribution in [0.15, 0.2) is 65.5 Å². The first kappa shape index (κ1) is 15.1. The Morgan fingerprint density at radius 3 is 2.78 bits per heavy atom. The molecule has 0 aliphatic heterocycles. The van der Waals surface area contributed by atoms with Crippen LogP contribution in [0.3, 0.4) is 0 Å². The summed E-state index contributed by atoms with van der Waals surface area (Å²) < 4.78 is 6.91. The number of carbonyl (C=O) groups is 1. The lowest BCUT2D eigenvalue weighted by atomic mass is 10.2. The maximum absolute atomic E-state index is 12.3. The number of rotatable bonds is 6. The lowest BCUT2D eigenvalue weighted by Gasteiger charge is -2.12. The molecule has 1 atom stereocenters. The van der Waals surface area contributed by atoms with Gasteiger partial charge in [0.15, 0.2) is 0 Å². The SMILES string of the molecule is O=C(NC(CO)c1ccco1)c1cnn(Cc2ccccc2)c1. The molecule has 3 rings (SSSR count). The summed E-state index contributed by atoms with van der Waals surface area (Å²) in [5.74, 6) is 0.206. The van der Waals surface area contributed by atoms with Gasteiger partial charge < -0.3 is 14.8 Å². The van der Waals surface area contributed by atoms with Gasteiger partial charge in [-0.15, -0.1) is 0 Å². The predicted molar refractivity (Wildman–Crippen MR) is 83.8 cm³/mol. The number of carbonyl (C=O) groups excluding carboxylic acids is 1. The van der Waals surface area contributed by atoms with Gasteiger partial charge in [-0.1, -0.05) is 30.3 Å². The number of nitrogens with one attached hydrogen (secondary N) is 1. The van der Waals surface area contributed by atoms with Crippen molar-refractivity contribution in [3.05, 3.63) is 78.0 Å². The molecule has 0 spiro atoms. The number of amides is 1. The molecule has 0 saturated carbocycles. The number of aromatic nitrogens is 2. The van der Waals surface area contributed by atoms with E-state index in [1.807, 2.05) is 30.3 Å². The molecule has 0 saturated heterocycles. The van der Waals surface area contributed by atoms with E-state index < -0.39 is 6.04 Å². The Morgan fingerprint density at radius 2 is 2.09 bits per heavy atom. The molecule has 6 heteroatoms. The molecule has 2 N–H and O–H groups in total. The Balaban J connectivity index is 1.66. The van der Waals surface area contributed by atoms with E-state index in [-0.39, 0.29) is 12.5 Å². The molecule has 2 aromatic heterocycles. The van der Waals surface area contributed by atoms with E-state index in [1.165, 1.54) is 12.5 Å². The highest BCUT2D eigenvalue weighted by Gasteiger charge is 2.18. The molecule has 3 aromatic rings. The fraction of sp³-hybridized carbons (Fsp3) is 0.176. The van der Waals surface area contributed by atoms with Crippen LogP contribution in [0.1, 0.15) is 27.7 Å².